The third kappa shape index (κ3) is 2.93. The van der Waals surface area contributed by atoms with E-state index in [1.54, 1.807) is 44.4 Å². The van der Waals surface area contributed by atoms with Gasteiger partial charge in [-0.05, 0) is 24.3 Å². The third-order valence-electron chi connectivity index (χ3n) is 5.09. The van der Waals surface area contributed by atoms with Gasteiger partial charge in [-0.25, -0.2) is 4.98 Å². The number of hydrogen-bond donors (Lipinski definition) is 2. The number of aryl methyl sites for hydroxylation is 1. The lowest BCUT2D eigenvalue weighted by Crippen LogP contribution is -2.27. The highest BCUT2D eigenvalue weighted by Crippen LogP contribution is 2.38. The molecule has 0 bridgehead atoms. The van der Waals surface area contributed by atoms with E-state index in [0.29, 0.717) is 34.3 Å². The maximum Gasteiger partial charge on any atom is 0.148 e. The number of methoxy groups -OCH3 is 3. The van der Waals surface area contributed by atoms with Crippen molar-refractivity contribution in [3.05, 3.63) is 48.0 Å². The maximum absolute atomic E-state index is 10.7. The topological polar surface area (TPSA) is 92.8 Å². The Morgan fingerprint density at radius 3 is 2.38 bits per heavy atom. The summed E-state index contributed by atoms with van der Waals surface area (Å²) in [7, 11) is 6.61. The molecule has 150 valence electrons. The zero-order valence-electron chi connectivity index (χ0n) is 16.7. The lowest BCUT2D eigenvalue weighted by atomic mass is 10.2. The van der Waals surface area contributed by atoms with E-state index in [-0.39, 0.29) is 18.1 Å². The zero-order valence-corrected chi connectivity index (χ0v) is 16.7. The van der Waals surface area contributed by atoms with Crippen molar-refractivity contribution in [2.24, 2.45) is 7.05 Å². The van der Waals surface area contributed by atoms with Crippen LogP contribution in [0.4, 0.5) is 5.69 Å². The van der Waals surface area contributed by atoms with Crippen LogP contribution >= 0.6 is 0 Å². The summed E-state index contributed by atoms with van der Waals surface area (Å²) >= 11 is 0. The third-order valence-corrected chi connectivity index (χ3v) is 5.09. The van der Waals surface area contributed by atoms with Gasteiger partial charge in [-0.3, -0.25) is 5.41 Å². The van der Waals surface area contributed by atoms with Crippen molar-refractivity contribution in [3.63, 3.8) is 0 Å². The Hall–Kier alpha value is -3.68. The van der Waals surface area contributed by atoms with Gasteiger partial charge in [0.25, 0.3) is 0 Å². The Labute approximate surface area is 168 Å². The van der Waals surface area contributed by atoms with Gasteiger partial charge >= 0.3 is 0 Å². The van der Waals surface area contributed by atoms with Crippen LogP contribution < -0.4 is 19.1 Å². The highest BCUT2D eigenvalue weighted by molar-refractivity contribution is 6.30. The first-order valence-electron chi connectivity index (χ1n) is 9.00. The van der Waals surface area contributed by atoms with E-state index in [0.717, 1.165) is 11.0 Å². The van der Waals surface area contributed by atoms with Crippen molar-refractivity contribution in [1.29, 1.82) is 5.41 Å². The van der Waals surface area contributed by atoms with Gasteiger partial charge in [0.15, 0.2) is 0 Å². The van der Waals surface area contributed by atoms with E-state index in [1.807, 2.05) is 29.8 Å². The molecule has 0 fully saturated rings. The highest BCUT2D eigenvalue weighted by Gasteiger charge is 2.33. The van der Waals surface area contributed by atoms with Crippen molar-refractivity contribution in [1.82, 2.24) is 9.55 Å². The molecular weight excluding hydrogens is 372 g/mol. The summed E-state index contributed by atoms with van der Waals surface area (Å²) in [5.74, 6) is 2.64. The van der Waals surface area contributed by atoms with Crippen LogP contribution in [-0.4, -0.2) is 48.4 Å². The van der Waals surface area contributed by atoms with Gasteiger partial charge in [-0.1, -0.05) is 0 Å². The molecule has 0 amide bonds. The van der Waals surface area contributed by atoms with Crippen molar-refractivity contribution in [3.8, 4) is 17.2 Å². The summed E-state index contributed by atoms with van der Waals surface area (Å²) in [6, 6.07) is 10.9. The minimum absolute atomic E-state index is 0.0743. The molecule has 1 aliphatic rings. The molecule has 0 saturated carbocycles. The van der Waals surface area contributed by atoms with Crippen LogP contribution in [0.15, 0.2) is 42.2 Å². The molecule has 1 aromatic heterocycles. The Balaban J connectivity index is 1.78. The van der Waals surface area contributed by atoms with Crippen LogP contribution in [0.2, 0.25) is 0 Å². The first-order valence-corrected chi connectivity index (χ1v) is 9.00. The van der Waals surface area contributed by atoms with Crippen LogP contribution in [0, 0.1) is 5.41 Å². The van der Waals surface area contributed by atoms with Crippen LogP contribution in [0.3, 0.4) is 0 Å². The minimum Gasteiger partial charge on any atom is -0.509 e. The Morgan fingerprint density at radius 2 is 1.69 bits per heavy atom. The first kappa shape index (κ1) is 18.7. The number of nitrogens with one attached hydrogen (secondary N) is 1. The fourth-order valence-electron chi connectivity index (χ4n) is 3.56. The second kappa shape index (κ2) is 7.05. The molecule has 2 aromatic carbocycles. The summed E-state index contributed by atoms with van der Waals surface area (Å²) < 4.78 is 17.9. The number of aliphatic hydroxyl groups excluding tert-OH is 1. The van der Waals surface area contributed by atoms with Crippen molar-refractivity contribution < 1.29 is 19.3 Å². The van der Waals surface area contributed by atoms with Gasteiger partial charge in [0.2, 0.25) is 0 Å². The first-order chi connectivity index (χ1) is 14.0. The number of amidine groups is 1. The van der Waals surface area contributed by atoms with Crippen LogP contribution in [0.25, 0.3) is 16.6 Å². The number of ether oxygens (including phenoxy) is 3. The van der Waals surface area contributed by atoms with Crippen LogP contribution in [-0.2, 0) is 7.05 Å². The molecule has 8 heteroatoms. The summed E-state index contributed by atoms with van der Waals surface area (Å²) in [5, 5.41) is 19.5. The smallest absolute Gasteiger partial charge is 0.148 e. The SMILES string of the molecule is COc1ccc(OC)c(N2CC(O)=C(c3nc4cc(OC)ccc4n3C)C2=N)c1. The van der Waals surface area contributed by atoms with Gasteiger partial charge < -0.3 is 28.8 Å². The molecule has 8 nitrogen and oxygen atoms in total. The number of imidazole rings is 1. The molecule has 2 N–H and O–H groups in total. The lowest BCUT2D eigenvalue weighted by Gasteiger charge is -2.22. The second-order valence-electron chi connectivity index (χ2n) is 6.64. The monoisotopic (exact) mass is 394 g/mol. The molecule has 4 rings (SSSR count). The molecule has 0 unspecified atom stereocenters. The Morgan fingerprint density at radius 1 is 1.00 bits per heavy atom. The molecule has 0 atom stereocenters. The van der Waals surface area contributed by atoms with Crippen molar-refractivity contribution in [2.45, 2.75) is 0 Å². The standard InChI is InChI=1S/C21H22N4O4/c1-24-15-7-5-12(27-2)9-14(15)23-21(24)19-17(26)11-25(20(19)22)16-10-13(28-3)6-8-18(16)29-4/h5-10,22,26H,11H2,1-4H3. The molecule has 29 heavy (non-hydrogen) atoms. The number of benzene rings is 2. The summed E-state index contributed by atoms with van der Waals surface area (Å²) in [6.07, 6.45) is 0. The summed E-state index contributed by atoms with van der Waals surface area (Å²) in [6.45, 7) is 0.143. The van der Waals surface area contributed by atoms with E-state index in [4.69, 9.17) is 19.6 Å². The molecular formula is C21H22N4O4. The normalized spacial score (nSPS) is 14.1. The van der Waals surface area contributed by atoms with E-state index in [1.165, 1.54) is 0 Å². The molecule has 0 aliphatic carbocycles. The van der Waals surface area contributed by atoms with Gasteiger partial charge in [0, 0.05) is 19.2 Å². The number of anilines is 1. The fraction of sp³-hybridized carbons (Fsp3) is 0.238. The molecule has 0 radical (unpaired) electrons. The van der Waals surface area contributed by atoms with Gasteiger partial charge in [0.05, 0.1) is 50.2 Å². The quantitative estimate of drug-likeness (QED) is 0.689. The molecule has 0 saturated heterocycles. The number of fused-ring (bicyclic) bond motifs is 1. The number of nitrogens with zero attached hydrogens (tertiary/aromatic N) is 3. The van der Waals surface area contributed by atoms with Crippen LogP contribution in [0.5, 0.6) is 17.2 Å². The average Bonchev–Trinajstić information content (AvgIpc) is 3.22. The second-order valence-corrected chi connectivity index (χ2v) is 6.64. The number of rotatable bonds is 5. The van der Waals surface area contributed by atoms with Gasteiger partial charge in [-0.15, -0.1) is 0 Å². The van der Waals surface area contributed by atoms with Gasteiger partial charge in [-0.2, -0.15) is 0 Å². The summed E-state index contributed by atoms with van der Waals surface area (Å²) in [5.41, 5.74) is 2.63. The van der Waals surface area contributed by atoms with Crippen molar-refractivity contribution in [2.75, 3.05) is 32.8 Å². The highest BCUT2D eigenvalue weighted by atomic mass is 16.5. The predicted octanol–water partition coefficient (Wildman–Crippen LogP) is 3.37. The number of aromatic nitrogens is 2. The van der Waals surface area contributed by atoms with E-state index in [9.17, 15) is 5.11 Å². The Kier molecular flexibility index (Phi) is 4.54. The maximum atomic E-state index is 10.7. The van der Waals surface area contributed by atoms with E-state index >= 15 is 0 Å². The van der Waals surface area contributed by atoms with E-state index in [2.05, 4.69) is 4.98 Å². The molecule has 2 heterocycles. The van der Waals surface area contributed by atoms with Gasteiger partial charge in [0.1, 0.15) is 34.7 Å². The molecule has 3 aromatic rings. The largest absolute Gasteiger partial charge is 0.509 e. The minimum atomic E-state index is 0.0743. The molecule has 1 aliphatic heterocycles. The molecule has 0 spiro atoms. The Bertz CT molecular complexity index is 1150. The summed E-state index contributed by atoms with van der Waals surface area (Å²) in [4.78, 5) is 6.32. The average molecular weight is 394 g/mol. The fourth-order valence-corrected chi connectivity index (χ4v) is 3.56. The lowest BCUT2D eigenvalue weighted by molar-refractivity contribution is 0.400. The number of aliphatic hydroxyl groups is 1. The number of hydrogen-bond acceptors (Lipinski definition) is 6. The van der Waals surface area contributed by atoms with E-state index < -0.39 is 0 Å². The predicted molar refractivity (Wildman–Crippen MR) is 111 cm³/mol. The zero-order chi connectivity index (χ0) is 20.7. The van der Waals surface area contributed by atoms with Crippen LogP contribution in [0.1, 0.15) is 5.82 Å². The van der Waals surface area contributed by atoms with Crippen molar-refractivity contribution >= 4 is 28.1 Å².